The second kappa shape index (κ2) is 5.84. The summed E-state index contributed by atoms with van der Waals surface area (Å²) in [6, 6.07) is 6.27. The number of fused-ring (bicyclic) bond motifs is 3. The van der Waals surface area contributed by atoms with E-state index >= 15 is 0 Å². The molecule has 0 amide bonds. The molecule has 0 N–H and O–H groups in total. The molecule has 0 atom stereocenters. The van der Waals surface area contributed by atoms with E-state index in [1.165, 1.54) is 9.13 Å². The molecule has 4 rings (SSSR count). The highest BCUT2D eigenvalue weighted by Gasteiger charge is 2.20. The molecule has 138 valence electrons. The van der Waals surface area contributed by atoms with Crippen LogP contribution in [-0.4, -0.2) is 23.1 Å². The van der Waals surface area contributed by atoms with Crippen LogP contribution in [0.5, 0.6) is 0 Å². The summed E-state index contributed by atoms with van der Waals surface area (Å²) in [7, 11) is 1.63. The first-order chi connectivity index (χ1) is 12.8. The van der Waals surface area contributed by atoms with Gasteiger partial charge < -0.3 is 0 Å². The summed E-state index contributed by atoms with van der Waals surface area (Å²) >= 11 is 0. The average Bonchev–Trinajstić information content (AvgIpc) is 3.10. The first-order valence-corrected chi connectivity index (χ1v) is 8.73. The predicted molar refractivity (Wildman–Crippen MR) is 106 cm³/mol. The zero-order chi connectivity index (χ0) is 19.5. The number of hydrogen-bond acceptors (Lipinski definition) is 3. The SMILES string of the molecule is C=CCn1c(=O)c2c(nc3n(-c4cc(C)cc(C)c4)c(C)cn23)n(C)c1=O. The highest BCUT2D eigenvalue weighted by atomic mass is 16.2. The zero-order valence-electron chi connectivity index (χ0n) is 15.9. The van der Waals surface area contributed by atoms with Crippen molar-refractivity contribution in [3.63, 3.8) is 0 Å². The molecule has 3 heterocycles. The number of aryl methyl sites for hydroxylation is 4. The van der Waals surface area contributed by atoms with Crippen molar-refractivity contribution in [1.29, 1.82) is 0 Å². The molecule has 0 spiro atoms. The van der Waals surface area contributed by atoms with E-state index in [1.54, 1.807) is 17.5 Å². The second-order valence-electron chi connectivity index (χ2n) is 6.95. The number of hydrogen-bond donors (Lipinski definition) is 0. The molecule has 0 bridgehead atoms. The fraction of sp³-hybridized carbons (Fsp3) is 0.250. The Morgan fingerprint density at radius 3 is 2.41 bits per heavy atom. The number of nitrogens with zero attached hydrogens (tertiary/aromatic N) is 5. The van der Waals surface area contributed by atoms with Gasteiger partial charge in [-0.05, 0) is 44.0 Å². The maximum absolute atomic E-state index is 13.0. The topological polar surface area (TPSA) is 66.2 Å². The lowest BCUT2D eigenvalue weighted by Crippen LogP contribution is -2.39. The second-order valence-corrected chi connectivity index (χ2v) is 6.95. The molecule has 0 radical (unpaired) electrons. The Labute approximate surface area is 155 Å². The van der Waals surface area contributed by atoms with Crippen molar-refractivity contribution < 1.29 is 0 Å². The molecule has 0 aliphatic heterocycles. The molecule has 0 aliphatic rings. The van der Waals surface area contributed by atoms with Crippen LogP contribution < -0.4 is 11.2 Å². The lowest BCUT2D eigenvalue weighted by atomic mass is 10.1. The van der Waals surface area contributed by atoms with E-state index in [-0.39, 0.29) is 12.1 Å². The fourth-order valence-electron chi connectivity index (χ4n) is 3.70. The average molecular weight is 363 g/mol. The standard InChI is InChI=1S/C20H21N5O2/c1-6-7-23-18(26)16-17(22(5)20(23)27)21-19-24(16)11-14(4)25(19)15-9-12(2)8-13(3)10-15/h6,8-11H,1,7H2,2-5H3. The van der Waals surface area contributed by atoms with Gasteiger partial charge >= 0.3 is 5.69 Å². The van der Waals surface area contributed by atoms with Crippen LogP contribution in [-0.2, 0) is 13.6 Å². The Kier molecular flexibility index (Phi) is 3.69. The molecule has 7 nitrogen and oxygen atoms in total. The van der Waals surface area contributed by atoms with Crippen molar-refractivity contribution in [3.8, 4) is 5.69 Å². The van der Waals surface area contributed by atoms with Gasteiger partial charge in [-0.1, -0.05) is 12.1 Å². The smallest absolute Gasteiger partial charge is 0.283 e. The van der Waals surface area contributed by atoms with Crippen molar-refractivity contribution in [1.82, 2.24) is 23.1 Å². The van der Waals surface area contributed by atoms with Crippen molar-refractivity contribution in [2.24, 2.45) is 7.05 Å². The van der Waals surface area contributed by atoms with E-state index in [2.05, 4.69) is 29.8 Å². The third-order valence-corrected chi connectivity index (χ3v) is 4.80. The van der Waals surface area contributed by atoms with E-state index < -0.39 is 5.69 Å². The molecule has 0 saturated heterocycles. The summed E-state index contributed by atoms with van der Waals surface area (Å²) in [6.45, 7) is 9.87. The van der Waals surface area contributed by atoms with E-state index in [9.17, 15) is 9.59 Å². The van der Waals surface area contributed by atoms with Crippen LogP contribution in [0.1, 0.15) is 16.8 Å². The van der Waals surface area contributed by atoms with E-state index in [0.717, 1.165) is 22.5 Å². The first-order valence-electron chi connectivity index (χ1n) is 8.73. The summed E-state index contributed by atoms with van der Waals surface area (Å²) in [5.41, 5.74) is 4.22. The van der Waals surface area contributed by atoms with Crippen molar-refractivity contribution >= 4 is 16.9 Å². The van der Waals surface area contributed by atoms with Gasteiger partial charge in [0, 0.05) is 31.2 Å². The maximum Gasteiger partial charge on any atom is 0.332 e. The van der Waals surface area contributed by atoms with Crippen molar-refractivity contribution in [2.75, 3.05) is 0 Å². The molecule has 0 aliphatic carbocycles. The van der Waals surface area contributed by atoms with Crippen LogP contribution in [0.4, 0.5) is 0 Å². The Hall–Kier alpha value is -3.35. The predicted octanol–water partition coefficient (Wildman–Crippen LogP) is 2.25. The van der Waals surface area contributed by atoms with Crippen LogP contribution in [0.2, 0.25) is 0 Å². The van der Waals surface area contributed by atoms with Crippen LogP contribution >= 0.6 is 0 Å². The molecule has 0 fully saturated rings. The summed E-state index contributed by atoms with van der Waals surface area (Å²) in [4.78, 5) is 30.1. The van der Waals surface area contributed by atoms with Crippen molar-refractivity contribution in [2.45, 2.75) is 27.3 Å². The van der Waals surface area contributed by atoms with Gasteiger partial charge in [0.2, 0.25) is 5.78 Å². The van der Waals surface area contributed by atoms with Crippen LogP contribution in [0.3, 0.4) is 0 Å². The number of allylic oxidation sites excluding steroid dienone is 1. The highest BCUT2D eigenvalue weighted by molar-refractivity contribution is 5.76. The summed E-state index contributed by atoms with van der Waals surface area (Å²) in [5.74, 6) is 0.607. The molecule has 0 unspecified atom stereocenters. The quantitative estimate of drug-likeness (QED) is 0.525. The Morgan fingerprint density at radius 2 is 1.78 bits per heavy atom. The normalized spacial score (nSPS) is 11.6. The molecule has 0 saturated carbocycles. The molecule has 27 heavy (non-hydrogen) atoms. The zero-order valence-corrected chi connectivity index (χ0v) is 15.9. The number of aromatic nitrogens is 5. The van der Waals surface area contributed by atoms with Gasteiger partial charge in [0.25, 0.3) is 5.56 Å². The first kappa shape index (κ1) is 17.1. The minimum Gasteiger partial charge on any atom is -0.283 e. The van der Waals surface area contributed by atoms with Gasteiger partial charge in [-0.25, -0.2) is 4.79 Å². The Morgan fingerprint density at radius 1 is 1.11 bits per heavy atom. The minimum absolute atomic E-state index is 0.158. The van der Waals surface area contributed by atoms with Crippen LogP contribution in [0, 0.1) is 20.8 Å². The van der Waals surface area contributed by atoms with Crippen molar-refractivity contribution in [3.05, 3.63) is 74.7 Å². The van der Waals surface area contributed by atoms with E-state index in [1.807, 2.05) is 31.5 Å². The lowest BCUT2D eigenvalue weighted by molar-refractivity contribution is 0.667. The number of rotatable bonds is 3. The van der Waals surface area contributed by atoms with Gasteiger partial charge in [-0.3, -0.25) is 22.9 Å². The maximum atomic E-state index is 13.0. The van der Waals surface area contributed by atoms with E-state index in [4.69, 9.17) is 0 Å². The van der Waals surface area contributed by atoms with Gasteiger partial charge in [0.1, 0.15) is 0 Å². The molecule has 7 heteroatoms. The third-order valence-electron chi connectivity index (χ3n) is 4.80. The lowest BCUT2D eigenvalue weighted by Gasteiger charge is -2.08. The molecule has 4 aromatic rings. The summed E-state index contributed by atoms with van der Waals surface area (Å²) < 4.78 is 6.35. The highest BCUT2D eigenvalue weighted by Crippen LogP contribution is 2.22. The fourth-order valence-corrected chi connectivity index (χ4v) is 3.70. The summed E-state index contributed by atoms with van der Waals surface area (Å²) in [5, 5.41) is 0. The minimum atomic E-state index is -0.400. The number of imidazole rings is 2. The molecular formula is C20H21N5O2. The third kappa shape index (κ3) is 2.38. The Balaban J connectivity index is 2.16. The van der Waals surface area contributed by atoms with Crippen LogP contribution in [0.15, 0.2) is 46.6 Å². The monoisotopic (exact) mass is 363 g/mol. The molecule has 3 aromatic heterocycles. The van der Waals surface area contributed by atoms with Crippen LogP contribution in [0.25, 0.3) is 22.6 Å². The van der Waals surface area contributed by atoms with E-state index in [0.29, 0.717) is 16.9 Å². The summed E-state index contributed by atoms with van der Waals surface area (Å²) in [6.07, 6.45) is 3.42. The number of benzene rings is 1. The van der Waals surface area contributed by atoms with Gasteiger partial charge in [0.15, 0.2) is 11.2 Å². The molecular weight excluding hydrogens is 342 g/mol. The molecule has 1 aromatic carbocycles. The van der Waals surface area contributed by atoms with Gasteiger partial charge in [0.05, 0.1) is 0 Å². The van der Waals surface area contributed by atoms with Gasteiger partial charge in [-0.15, -0.1) is 6.58 Å². The Bertz CT molecular complexity index is 1330. The largest absolute Gasteiger partial charge is 0.332 e. The van der Waals surface area contributed by atoms with Gasteiger partial charge in [-0.2, -0.15) is 4.98 Å².